The number of nitrogens with one attached hydrogen (secondary N) is 1. The molecule has 15 nitrogen and oxygen atoms in total. The van der Waals surface area contributed by atoms with Gasteiger partial charge in [-0.15, -0.1) is 4.28 Å². The molecule has 16 heteroatoms. The van der Waals surface area contributed by atoms with Gasteiger partial charge in [0.2, 0.25) is 6.29 Å². The van der Waals surface area contributed by atoms with Crippen LogP contribution in [-0.2, 0) is 38.6 Å². The SMILES string of the molecule is CCN1C(=O)N(OS(=O)(=O)O)CC[C@H]1C(=O)NO[C@H]1CCN(C(=O)OC(C)OC(C)=O)C1. The molecule has 2 rings (SSSR count). The number of nitrogens with zero attached hydrogens (tertiary/aromatic N) is 3. The van der Waals surface area contributed by atoms with Crippen LogP contribution in [0.5, 0.6) is 0 Å². The van der Waals surface area contributed by atoms with E-state index in [1.807, 2.05) is 0 Å². The minimum Gasteiger partial charge on any atom is -0.426 e. The van der Waals surface area contributed by atoms with Gasteiger partial charge in [-0.3, -0.25) is 19.0 Å². The van der Waals surface area contributed by atoms with E-state index in [0.717, 1.165) is 4.90 Å². The molecular weight excluding hydrogens is 456 g/mol. The number of esters is 1. The molecule has 2 heterocycles. The van der Waals surface area contributed by atoms with Crippen LogP contribution in [0.15, 0.2) is 0 Å². The Morgan fingerprint density at radius 2 is 1.91 bits per heavy atom. The van der Waals surface area contributed by atoms with Crippen molar-refractivity contribution in [3.8, 4) is 0 Å². The number of likely N-dealkylation sites (N-methyl/N-ethyl adjacent to an activating group) is 1. The fourth-order valence-corrected chi connectivity index (χ4v) is 3.62. The number of hydrogen-bond donors (Lipinski definition) is 2. The van der Waals surface area contributed by atoms with Gasteiger partial charge in [-0.2, -0.15) is 13.5 Å². The molecule has 0 aromatic heterocycles. The lowest BCUT2D eigenvalue weighted by molar-refractivity contribution is -0.163. The number of urea groups is 1. The van der Waals surface area contributed by atoms with Gasteiger partial charge < -0.3 is 19.3 Å². The maximum atomic E-state index is 12.5. The van der Waals surface area contributed by atoms with Gasteiger partial charge in [-0.05, 0) is 19.8 Å². The van der Waals surface area contributed by atoms with Crippen molar-refractivity contribution in [1.29, 1.82) is 0 Å². The first-order valence-electron chi connectivity index (χ1n) is 9.74. The molecule has 0 aliphatic carbocycles. The van der Waals surface area contributed by atoms with Crippen molar-refractivity contribution in [2.24, 2.45) is 0 Å². The average molecular weight is 482 g/mol. The highest BCUT2D eigenvalue weighted by Gasteiger charge is 2.39. The molecule has 32 heavy (non-hydrogen) atoms. The summed E-state index contributed by atoms with van der Waals surface area (Å²) in [6, 6.07) is -1.87. The molecule has 1 unspecified atom stereocenters. The number of hydroxylamine groups is 3. The molecule has 0 radical (unpaired) electrons. The van der Waals surface area contributed by atoms with Crippen LogP contribution in [0.1, 0.15) is 33.6 Å². The zero-order valence-corrected chi connectivity index (χ0v) is 18.6. The van der Waals surface area contributed by atoms with Gasteiger partial charge >= 0.3 is 28.5 Å². The van der Waals surface area contributed by atoms with Crippen LogP contribution >= 0.6 is 0 Å². The summed E-state index contributed by atoms with van der Waals surface area (Å²) in [6.45, 7) is 4.37. The predicted octanol–water partition coefficient (Wildman–Crippen LogP) is -0.595. The van der Waals surface area contributed by atoms with Crippen molar-refractivity contribution >= 4 is 34.4 Å². The maximum Gasteiger partial charge on any atom is 0.418 e. The molecule has 2 fully saturated rings. The summed E-state index contributed by atoms with van der Waals surface area (Å²) in [7, 11) is -4.89. The normalized spacial score (nSPS) is 22.5. The monoisotopic (exact) mass is 482 g/mol. The van der Waals surface area contributed by atoms with Gasteiger partial charge in [0.25, 0.3) is 5.91 Å². The van der Waals surface area contributed by atoms with Crippen molar-refractivity contribution < 1.29 is 50.7 Å². The zero-order chi connectivity index (χ0) is 24.1. The fourth-order valence-electron chi connectivity index (χ4n) is 3.25. The second-order valence-electron chi connectivity index (χ2n) is 6.98. The zero-order valence-electron chi connectivity index (χ0n) is 17.8. The standard InChI is InChI=1S/C16H26N4O11S/c1-4-19-13(6-8-20(15(19)23)31-32(25,26)27)14(22)17-30-12-5-7-18(9-12)16(24)29-11(3)28-10(2)21/h11-13H,4-9H2,1-3H3,(H,17,22)(H,25,26,27)/t11?,12-,13-/m0/s1. The van der Waals surface area contributed by atoms with Crippen LogP contribution in [0.25, 0.3) is 0 Å². The Kier molecular flexibility index (Phi) is 8.59. The molecule has 0 bridgehead atoms. The summed E-state index contributed by atoms with van der Waals surface area (Å²) >= 11 is 0. The summed E-state index contributed by atoms with van der Waals surface area (Å²) in [5.74, 6) is -1.23. The maximum absolute atomic E-state index is 12.5. The molecule has 3 atom stereocenters. The van der Waals surface area contributed by atoms with Gasteiger partial charge in [0.05, 0.1) is 13.1 Å². The highest BCUT2D eigenvalue weighted by molar-refractivity contribution is 7.80. The number of hydrogen-bond acceptors (Lipinski definition) is 10. The first-order chi connectivity index (χ1) is 14.9. The summed E-state index contributed by atoms with van der Waals surface area (Å²) < 4.78 is 44.4. The quantitative estimate of drug-likeness (QED) is 0.195. The van der Waals surface area contributed by atoms with Crippen LogP contribution in [-0.4, -0.2) is 96.4 Å². The van der Waals surface area contributed by atoms with Crippen LogP contribution < -0.4 is 5.48 Å². The van der Waals surface area contributed by atoms with E-state index < -0.39 is 52.8 Å². The van der Waals surface area contributed by atoms with Gasteiger partial charge in [0.15, 0.2) is 0 Å². The van der Waals surface area contributed by atoms with Crippen LogP contribution in [0, 0.1) is 0 Å². The molecule has 0 aromatic rings. The van der Waals surface area contributed by atoms with E-state index >= 15 is 0 Å². The lowest BCUT2D eigenvalue weighted by Crippen LogP contribution is -2.59. The van der Waals surface area contributed by atoms with E-state index in [2.05, 4.69) is 9.76 Å². The highest BCUT2D eigenvalue weighted by Crippen LogP contribution is 2.19. The Hall–Kier alpha value is -2.69. The van der Waals surface area contributed by atoms with Gasteiger partial charge in [-0.25, -0.2) is 15.1 Å². The number of likely N-dealkylation sites (tertiary alicyclic amines) is 1. The highest BCUT2D eigenvalue weighted by atomic mass is 32.3. The fraction of sp³-hybridized carbons (Fsp3) is 0.750. The molecule has 182 valence electrons. The van der Waals surface area contributed by atoms with Crippen LogP contribution in [0.2, 0.25) is 0 Å². The summed E-state index contributed by atoms with van der Waals surface area (Å²) in [5.41, 5.74) is 2.26. The first kappa shape index (κ1) is 25.6. The van der Waals surface area contributed by atoms with Crippen molar-refractivity contribution in [3.63, 3.8) is 0 Å². The van der Waals surface area contributed by atoms with Gasteiger partial charge in [0.1, 0.15) is 12.1 Å². The lowest BCUT2D eigenvalue weighted by atomic mass is 10.1. The molecular formula is C16H26N4O11S. The molecule has 0 aromatic carbocycles. The molecule has 4 amide bonds. The average Bonchev–Trinajstić information content (AvgIpc) is 3.15. The van der Waals surface area contributed by atoms with Crippen molar-refractivity contribution in [3.05, 3.63) is 0 Å². The van der Waals surface area contributed by atoms with Crippen LogP contribution in [0.4, 0.5) is 9.59 Å². The number of carbonyl (C=O) groups is 4. The Morgan fingerprint density at radius 1 is 1.22 bits per heavy atom. The number of ether oxygens (including phenoxy) is 2. The summed E-state index contributed by atoms with van der Waals surface area (Å²) in [4.78, 5) is 55.5. The minimum atomic E-state index is -4.89. The van der Waals surface area contributed by atoms with E-state index in [9.17, 15) is 27.6 Å². The van der Waals surface area contributed by atoms with E-state index in [-0.39, 0.29) is 32.6 Å². The summed E-state index contributed by atoms with van der Waals surface area (Å²) in [6.07, 6.45) is -1.88. The Balaban J connectivity index is 1.83. The number of amides is 4. The smallest absolute Gasteiger partial charge is 0.418 e. The van der Waals surface area contributed by atoms with E-state index in [0.29, 0.717) is 11.5 Å². The minimum absolute atomic E-state index is 0.0153. The molecule has 0 saturated carbocycles. The second kappa shape index (κ2) is 10.8. The van der Waals surface area contributed by atoms with Crippen molar-refractivity contribution in [2.75, 3.05) is 26.2 Å². The van der Waals surface area contributed by atoms with Crippen molar-refractivity contribution in [1.82, 2.24) is 20.3 Å². The first-order valence-corrected chi connectivity index (χ1v) is 11.1. The van der Waals surface area contributed by atoms with Crippen molar-refractivity contribution in [2.45, 2.75) is 52.0 Å². The summed E-state index contributed by atoms with van der Waals surface area (Å²) in [5, 5.41) is 0.445. The third-order valence-electron chi connectivity index (χ3n) is 4.60. The third kappa shape index (κ3) is 7.18. The molecule has 0 spiro atoms. The molecule has 2 aliphatic rings. The Bertz CT molecular complexity index is 836. The number of rotatable bonds is 8. The lowest BCUT2D eigenvalue weighted by Gasteiger charge is -2.38. The second-order valence-corrected chi connectivity index (χ2v) is 7.98. The molecule has 2 saturated heterocycles. The number of carbonyl (C=O) groups excluding carboxylic acids is 4. The van der Waals surface area contributed by atoms with E-state index in [1.54, 1.807) is 6.92 Å². The predicted molar refractivity (Wildman–Crippen MR) is 102 cm³/mol. The molecule has 2 N–H and O–H groups in total. The Labute approximate surface area is 184 Å². The van der Waals surface area contributed by atoms with E-state index in [1.165, 1.54) is 18.7 Å². The van der Waals surface area contributed by atoms with Gasteiger partial charge in [0, 0.05) is 26.9 Å². The molecule has 2 aliphatic heterocycles. The van der Waals surface area contributed by atoms with E-state index in [4.69, 9.17) is 18.9 Å². The van der Waals surface area contributed by atoms with Gasteiger partial charge in [-0.1, -0.05) is 0 Å². The largest absolute Gasteiger partial charge is 0.426 e. The Morgan fingerprint density at radius 3 is 2.50 bits per heavy atom. The third-order valence-corrected chi connectivity index (χ3v) is 4.96. The van der Waals surface area contributed by atoms with Crippen LogP contribution in [0.3, 0.4) is 0 Å². The topological polar surface area (TPSA) is 181 Å².